The zero-order valence-corrected chi connectivity index (χ0v) is 15.0. The number of benzene rings is 1. The Morgan fingerprint density at radius 2 is 2.04 bits per heavy atom. The maximum Gasteiger partial charge on any atom is 0.373 e. The summed E-state index contributed by atoms with van der Waals surface area (Å²) in [4.78, 5) is 23.8. The lowest BCUT2D eigenvalue weighted by Crippen LogP contribution is -2.14. The van der Waals surface area contributed by atoms with Gasteiger partial charge in [0.1, 0.15) is 23.2 Å². The van der Waals surface area contributed by atoms with Crippen molar-refractivity contribution >= 4 is 35.2 Å². The minimum absolute atomic E-state index is 0.0357. The molecule has 0 fully saturated rings. The highest BCUT2D eigenvalue weighted by atomic mass is 35.5. The molecule has 0 bridgehead atoms. The van der Waals surface area contributed by atoms with Crippen LogP contribution in [0.25, 0.3) is 6.08 Å². The predicted molar refractivity (Wildman–Crippen MR) is 95.0 cm³/mol. The van der Waals surface area contributed by atoms with Crippen LogP contribution < -0.4 is 10.1 Å². The van der Waals surface area contributed by atoms with Crippen LogP contribution in [0.2, 0.25) is 5.02 Å². The minimum Gasteiger partial charge on any atom is -0.495 e. The molecule has 0 saturated carbocycles. The number of aryl methyl sites for hydroxylation is 1. The average Bonchev–Trinajstić information content (AvgIpc) is 3.10. The van der Waals surface area contributed by atoms with Crippen molar-refractivity contribution in [3.63, 3.8) is 0 Å². The number of halogens is 1. The van der Waals surface area contributed by atoms with E-state index < -0.39 is 11.9 Å². The molecule has 0 unspecified atom stereocenters. The third kappa shape index (κ3) is 4.23. The second-order valence-electron chi connectivity index (χ2n) is 5.12. The van der Waals surface area contributed by atoms with Gasteiger partial charge >= 0.3 is 5.97 Å². The van der Waals surface area contributed by atoms with Crippen LogP contribution in [0.3, 0.4) is 0 Å². The summed E-state index contributed by atoms with van der Waals surface area (Å²) >= 11 is 6.03. The van der Waals surface area contributed by atoms with E-state index in [2.05, 4.69) is 10.1 Å². The molecule has 0 atom stereocenters. The molecule has 0 aliphatic heterocycles. The van der Waals surface area contributed by atoms with Gasteiger partial charge in [-0.1, -0.05) is 11.6 Å². The van der Waals surface area contributed by atoms with Crippen molar-refractivity contribution < 1.29 is 23.5 Å². The molecule has 0 aliphatic rings. The molecule has 0 spiro atoms. The second-order valence-corrected chi connectivity index (χ2v) is 5.53. The summed E-state index contributed by atoms with van der Waals surface area (Å²) in [6.07, 6.45) is 1.22. The Balaban J connectivity index is 2.27. The molecule has 7 nitrogen and oxygen atoms in total. The van der Waals surface area contributed by atoms with Crippen LogP contribution >= 0.6 is 11.6 Å². The van der Waals surface area contributed by atoms with Crippen LogP contribution in [-0.2, 0) is 9.53 Å². The molecule has 1 aromatic carbocycles. The van der Waals surface area contributed by atoms with E-state index in [4.69, 9.17) is 20.8 Å². The maximum atomic E-state index is 12.4. The number of furan rings is 1. The third-order valence-electron chi connectivity index (χ3n) is 3.39. The van der Waals surface area contributed by atoms with Gasteiger partial charge < -0.3 is 19.2 Å². The number of hydrogen-bond acceptors (Lipinski definition) is 6. The van der Waals surface area contributed by atoms with Crippen molar-refractivity contribution in [2.24, 2.45) is 0 Å². The Hall–Kier alpha value is -3.24. The minimum atomic E-state index is -0.663. The number of ether oxygens (including phenoxy) is 2. The van der Waals surface area contributed by atoms with E-state index in [9.17, 15) is 14.9 Å². The lowest BCUT2D eigenvalue weighted by molar-refractivity contribution is -0.112. The lowest BCUT2D eigenvalue weighted by Gasteiger charge is -2.11. The van der Waals surface area contributed by atoms with Gasteiger partial charge in [-0.3, -0.25) is 4.79 Å². The van der Waals surface area contributed by atoms with Crippen molar-refractivity contribution in [1.29, 1.82) is 5.26 Å². The topological polar surface area (TPSA) is 102 Å². The Kier molecular flexibility index (Phi) is 6.04. The average molecular weight is 375 g/mol. The molecule has 2 rings (SSSR count). The van der Waals surface area contributed by atoms with Gasteiger partial charge in [-0.2, -0.15) is 5.26 Å². The number of rotatable bonds is 5. The predicted octanol–water partition coefficient (Wildman–Crippen LogP) is 3.58. The summed E-state index contributed by atoms with van der Waals surface area (Å²) in [5.74, 6) is -0.836. The van der Waals surface area contributed by atoms with Gasteiger partial charge in [-0.25, -0.2) is 4.79 Å². The molecule has 1 aromatic heterocycles. The molecule has 0 radical (unpaired) electrons. The van der Waals surface area contributed by atoms with Crippen LogP contribution in [0.15, 0.2) is 34.3 Å². The summed E-state index contributed by atoms with van der Waals surface area (Å²) < 4.78 is 14.9. The number of anilines is 1. The zero-order chi connectivity index (χ0) is 19.3. The highest BCUT2D eigenvalue weighted by Crippen LogP contribution is 2.31. The van der Waals surface area contributed by atoms with Gasteiger partial charge in [0.15, 0.2) is 0 Å². The Morgan fingerprint density at radius 3 is 2.65 bits per heavy atom. The van der Waals surface area contributed by atoms with Crippen LogP contribution in [0.1, 0.15) is 21.9 Å². The fourth-order valence-electron chi connectivity index (χ4n) is 2.05. The number of methoxy groups -OCH3 is 2. The van der Waals surface area contributed by atoms with E-state index in [1.807, 2.05) is 0 Å². The zero-order valence-electron chi connectivity index (χ0n) is 14.3. The van der Waals surface area contributed by atoms with Gasteiger partial charge in [0, 0.05) is 17.2 Å². The first kappa shape index (κ1) is 19.1. The first-order chi connectivity index (χ1) is 12.4. The van der Waals surface area contributed by atoms with Gasteiger partial charge in [0.25, 0.3) is 5.91 Å². The first-order valence-electron chi connectivity index (χ1n) is 7.35. The normalized spacial score (nSPS) is 10.8. The number of nitrogens with zero attached hydrogens (tertiary/aromatic N) is 1. The fourth-order valence-corrected chi connectivity index (χ4v) is 2.20. The largest absolute Gasteiger partial charge is 0.495 e. The molecule has 0 saturated heterocycles. The summed E-state index contributed by atoms with van der Waals surface area (Å²) in [5.41, 5.74) is 0.889. The van der Waals surface area contributed by atoms with E-state index in [-0.39, 0.29) is 17.1 Å². The third-order valence-corrected chi connectivity index (χ3v) is 3.80. The summed E-state index contributed by atoms with van der Waals surface area (Å²) in [6, 6.07) is 7.83. The van der Waals surface area contributed by atoms with Crippen molar-refractivity contribution in [1.82, 2.24) is 0 Å². The second kappa shape index (κ2) is 8.23. The van der Waals surface area contributed by atoms with E-state index in [0.29, 0.717) is 16.5 Å². The molecule has 134 valence electrons. The Bertz CT molecular complexity index is 924. The molecule has 1 N–H and O–H groups in total. The smallest absolute Gasteiger partial charge is 0.373 e. The van der Waals surface area contributed by atoms with Crippen LogP contribution in [-0.4, -0.2) is 26.1 Å². The molecule has 8 heteroatoms. The molecule has 1 amide bonds. The Labute approximate surface area is 154 Å². The van der Waals surface area contributed by atoms with Crippen molar-refractivity contribution in [3.05, 3.63) is 51.9 Å². The highest BCUT2D eigenvalue weighted by Gasteiger charge is 2.16. The molecular formula is C18H15ClN2O5. The van der Waals surface area contributed by atoms with Crippen LogP contribution in [0.4, 0.5) is 5.69 Å². The molecule has 0 aliphatic carbocycles. The van der Waals surface area contributed by atoms with Gasteiger partial charge in [-0.05, 0) is 30.7 Å². The SMILES string of the molecule is COC(=O)c1ccc(/C=C(/C#N)C(=O)Nc2cc(C)c(Cl)cc2OC)o1. The molecule has 26 heavy (non-hydrogen) atoms. The number of amides is 1. The number of hydrogen-bond donors (Lipinski definition) is 1. The monoisotopic (exact) mass is 374 g/mol. The van der Waals surface area contributed by atoms with Crippen molar-refractivity contribution in [2.75, 3.05) is 19.5 Å². The Morgan fingerprint density at radius 1 is 1.31 bits per heavy atom. The summed E-state index contributed by atoms with van der Waals surface area (Å²) in [7, 11) is 2.66. The van der Waals surface area contributed by atoms with Crippen LogP contribution in [0.5, 0.6) is 5.75 Å². The fraction of sp³-hybridized carbons (Fsp3) is 0.167. The quantitative estimate of drug-likeness (QED) is 0.487. The summed E-state index contributed by atoms with van der Waals surface area (Å²) in [6.45, 7) is 1.77. The molecule has 2 aromatic rings. The number of nitrogens with one attached hydrogen (secondary N) is 1. The number of esters is 1. The van der Waals surface area contributed by atoms with E-state index in [1.165, 1.54) is 32.4 Å². The van der Waals surface area contributed by atoms with Crippen molar-refractivity contribution in [2.45, 2.75) is 6.92 Å². The van der Waals surface area contributed by atoms with Gasteiger partial charge in [0.2, 0.25) is 5.76 Å². The molecule has 1 heterocycles. The van der Waals surface area contributed by atoms with Crippen LogP contribution in [0, 0.1) is 18.3 Å². The highest BCUT2D eigenvalue weighted by molar-refractivity contribution is 6.31. The van der Waals surface area contributed by atoms with E-state index in [1.54, 1.807) is 25.1 Å². The number of carbonyl (C=O) groups excluding carboxylic acids is 2. The number of carbonyl (C=O) groups is 2. The lowest BCUT2D eigenvalue weighted by atomic mass is 10.1. The van der Waals surface area contributed by atoms with Gasteiger partial charge in [-0.15, -0.1) is 0 Å². The van der Waals surface area contributed by atoms with E-state index >= 15 is 0 Å². The van der Waals surface area contributed by atoms with E-state index in [0.717, 1.165) is 5.56 Å². The maximum absolute atomic E-state index is 12.4. The standard InChI is InChI=1S/C18H15ClN2O5/c1-10-6-14(16(24-2)8-13(10)19)21-17(22)11(9-20)7-12-4-5-15(26-12)18(23)25-3/h4-8H,1-3H3,(H,21,22)/b11-7-. The summed E-state index contributed by atoms with van der Waals surface area (Å²) in [5, 5.41) is 12.3. The number of nitriles is 1. The first-order valence-corrected chi connectivity index (χ1v) is 7.72. The molecular weight excluding hydrogens is 360 g/mol. The van der Waals surface area contributed by atoms with Crippen molar-refractivity contribution in [3.8, 4) is 11.8 Å². The van der Waals surface area contributed by atoms with Gasteiger partial charge in [0.05, 0.1) is 19.9 Å².